The van der Waals surface area contributed by atoms with Crippen LogP contribution in [0, 0.1) is 5.82 Å². The second kappa shape index (κ2) is 7.88. The maximum Gasteiger partial charge on any atom is 0.291 e. The molecule has 4 rings (SSSR count). The van der Waals surface area contributed by atoms with Crippen LogP contribution in [0.2, 0.25) is 0 Å². The van der Waals surface area contributed by atoms with Crippen LogP contribution >= 0.6 is 0 Å². The van der Waals surface area contributed by atoms with Crippen molar-refractivity contribution in [3.63, 3.8) is 0 Å². The number of pyridine rings is 1. The molecule has 1 saturated heterocycles. The van der Waals surface area contributed by atoms with Gasteiger partial charge in [0.2, 0.25) is 5.88 Å². The summed E-state index contributed by atoms with van der Waals surface area (Å²) < 4.78 is 14.6. The fourth-order valence-electron chi connectivity index (χ4n) is 3.50. The van der Waals surface area contributed by atoms with E-state index in [0.29, 0.717) is 35.7 Å². The zero-order valence-corrected chi connectivity index (χ0v) is 15.6. The third-order valence-electron chi connectivity index (χ3n) is 4.84. The molecule has 1 aliphatic heterocycles. The highest BCUT2D eigenvalue weighted by molar-refractivity contribution is 6.04. The molecule has 0 aliphatic carbocycles. The van der Waals surface area contributed by atoms with Gasteiger partial charge in [-0.05, 0) is 31.0 Å². The van der Waals surface area contributed by atoms with E-state index < -0.39 is 11.7 Å². The summed E-state index contributed by atoms with van der Waals surface area (Å²) in [4.78, 5) is 25.4. The summed E-state index contributed by atoms with van der Waals surface area (Å²) in [6.07, 6.45) is 4.76. The number of imidazole rings is 1. The first-order valence-electron chi connectivity index (χ1n) is 9.32. The number of nitrogens with zero attached hydrogens (tertiary/aromatic N) is 3. The first-order valence-corrected chi connectivity index (χ1v) is 9.32. The van der Waals surface area contributed by atoms with Crippen LogP contribution in [0.15, 0.2) is 42.7 Å². The third-order valence-corrected chi connectivity index (χ3v) is 4.84. The number of hydrogen-bond donors (Lipinski definition) is 4. The summed E-state index contributed by atoms with van der Waals surface area (Å²) in [5.41, 5.74) is 7.83. The number of H-pyrrole nitrogens is 1. The molecule has 150 valence electrons. The van der Waals surface area contributed by atoms with Crippen LogP contribution in [-0.2, 0) is 0 Å². The van der Waals surface area contributed by atoms with Crippen LogP contribution < -0.4 is 16.0 Å². The molecular weight excluding hydrogens is 375 g/mol. The number of nitrogens with one attached hydrogen (secondary N) is 2. The van der Waals surface area contributed by atoms with Crippen LogP contribution in [0.4, 0.5) is 15.8 Å². The molecule has 8 nitrogen and oxygen atoms in total. The van der Waals surface area contributed by atoms with E-state index in [-0.39, 0.29) is 17.7 Å². The number of anilines is 2. The Morgan fingerprint density at radius 3 is 3.03 bits per heavy atom. The van der Waals surface area contributed by atoms with E-state index in [9.17, 15) is 14.3 Å². The molecule has 3 aromatic rings. The highest BCUT2D eigenvalue weighted by atomic mass is 19.1. The molecule has 0 saturated carbocycles. The summed E-state index contributed by atoms with van der Waals surface area (Å²) >= 11 is 0. The summed E-state index contributed by atoms with van der Waals surface area (Å²) in [6, 6.07) is 7.65. The van der Waals surface area contributed by atoms with Crippen LogP contribution in [0.1, 0.15) is 23.5 Å². The summed E-state index contributed by atoms with van der Waals surface area (Å²) in [5, 5.41) is 12.2. The van der Waals surface area contributed by atoms with Gasteiger partial charge in [0.25, 0.3) is 5.91 Å². The van der Waals surface area contributed by atoms with E-state index in [1.165, 1.54) is 18.3 Å². The summed E-state index contributed by atoms with van der Waals surface area (Å²) in [7, 11) is 0. The van der Waals surface area contributed by atoms with E-state index in [4.69, 9.17) is 5.73 Å². The van der Waals surface area contributed by atoms with Gasteiger partial charge in [0.05, 0.1) is 17.1 Å². The number of halogens is 1. The predicted molar refractivity (Wildman–Crippen MR) is 107 cm³/mol. The topological polar surface area (TPSA) is 120 Å². The monoisotopic (exact) mass is 396 g/mol. The minimum Gasteiger partial charge on any atom is -0.493 e. The molecule has 0 unspecified atom stereocenters. The van der Waals surface area contributed by atoms with E-state index in [0.717, 1.165) is 12.8 Å². The fourth-order valence-corrected chi connectivity index (χ4v) is 3.50. The lowest BCUT2D eigenvalue weighted by molar-refractivity contribution is 0.101. The number of aromatic nitrogens is 3. The Bertz CT molecular complexity index is 1040. The van der Waals surface area contributed by atoms with E-state index in [2.05, 4.69) is 20.3 Å². The Hall–Kier alpha value is -3.46. The summed E-state index contributed by atoms with van der Waals surface area (Å²) in [6.45, 7) is 1.20. The number of aromatic amines is 1. The normalized spacial score (nSPS) is 16.6. The second-order valence-electron chi connectivity index (χ2n) is 6.98. The van der Waals surface area contributed by atoms with Crippen molar-refractivity contribution in [3.8, 4) is 17.1 Å². The van der Waals surface area contributed by atoms with Gasteiger partial charge in [-0.1, -0.05) is 6.07 Å². The van der Waals surface area contributed by atoms with Crippen molar-refractivity contribution in [2.24, 2.45) is 5.73 Å². The largest absolute Gasteiger partial charge is 0.493 e. The van der Waals surface area contributed by atoms with Gasteiger partial charge in [-0.2, -0.15) is 0 Å². The number of hydrogen-bond acceptors (Lipinski definition) is 6. The van der Waals surface area contributed by atoms with Crippen molar-refractivity contribution in [2.75, 3.05) is 23.3 Å². The van der Waals surface area contributed by atoms with E-state index in [1.54, 1.807) is 24.4 Å². The van der Waals surface area contributed by atoms with Crippen LogP contribution in [0.5, 0.6) is 5.88 Å². The predicted octanol–water partition coefficient (Wildman–Crippen LogP) is 2.50. The molecule has 1 fully saturated rings. The Balaban J connectivity index is 1.57. The Morgan fingerprint density at radius 1 is 1.38 bits per heavy atom. The number of carbonyl (C=O) groups is 1. The van der Waals surface area contributed by atoms with Crippen LogP contribution in [0.25, 0.3) is 11.3 Å². The van der Waals surface area contributed by atoms with E-state index in [1.807, 2.05) is 4.90 Å². The first-order chi connectivity index (χ1) is 14.0. The Morgan fingerprint density at radius 2 is 2.24 bits per heavy atom. The van der Waals surface area contributed by atoms with Crippen molar-refractivity contribution in [2.45, 2.75) is 18.9 Å². The lowest BCUT2D eigenvalue weighted by Gasteiger charge is -2.34. The van der Waals surface area contributed by atoms with Crippen LogP contribution in [-0.4, -0.2) is 45.1 Å². The van der Waals surface area contributed by atoms with Crippen LogP contribution in [0.3, 0.4) is 0 Å². The maximum atomic E-state index is 14.6. The number of aromatic hydroxyl groups is 1. The molecule has 5 N–H and O–H groups in total. The number of piperidine rings is 1. The molecular formula is C20H21FN6O2. The number of para-hydroxylation sites is 1. The molecule has 0 spiro atoms. The van der Waals surface area contributed by atoms with E-state index >= 15 is 0 Å². The standard InChI is InChI=1S/C20H21FN6O2/c21-14-4-1-5-15(18(14)27-8-2-3-13(22)11-27)26-20(29)19-24-10-16(25-19)12-6-7-23-17(28)9-12/h1,4-7,9-10,13H,2-3,8,11,22H2,(H,23,28)(H,24,25)(H,26,29)/t13-/m1/s1. The highest BCUT2D eigenvalue weighted by Gasteiger charge is 2.23. The molecule has 0 radical (unpaired) electrons. The fraction of sp³-hybridized carbons (Fsp3) is 0.250. The minimum absolute atomic E-state index is 0.0312. The molecule has 1 aromatic carbocycles. The molecule has 29 heavy (non-hydrogen) atoms. The minimum atomic E-state index is -0.498. The average molecular weight is 396 g/mol. The zero-order valence-electron chi connectivity index (χ0n) is 15.6. The Labute approximate surface area is 166 Å². The second-order valence-corrected chi connectivity index (χ2v) is 6.98. The van der Waals surface area contributed by atoms with Gasteiger partial charge in [-0.25, -0.2) is 14.4 Å². The number of benzene rings is 1. The lowest BCUT2D eigenvalue weighted by atomic mass is 10.1. The lowest BCUT2D eigenvalue weighted by Crippen LogP contribution is -2.43. The average Bonchev–Trinajstić information content (AvgIpc) is 3.18. The van der Waals surface area contributed by atoms with Gasteiger partial charge in [0.1, 0.15) is 5.82 Å². The van der Waals surface area contributed by atoms with Gasteiger partial charge in [-0.15, -0.1) is 0 Å². The first kappa shape index (κ1) is 18.9. The zero-order chi connectivity index (χ0) is 20.4. The van der Waals surface area contributed by atoms with Crippen molar-refractivity contribution < 1.29 is 14.3 Å². The van der Waals surface area contributed by atoms with Gasteiger partial charge < -0.3 is 26.0 Å². The number of nitrogens with two attached hydrogens (primary N) is 1. The van der Waals surface area contributed by atoms with Gasteiger partial charge >= 0.3 is 0 Å². The smallest absolute Gasteiger partial charge is 0.291 e. The van der Waals surface area contributed by atoms with Crippen molar-refractivity contribution in [1.82, 2.24) is 15.0 Å². The number of rotatable bonds is 4. The van der Waals surface area contributed by atoms with Gasteiger partial charge in [0.15, 0.2) is 5.82 Å². The molecule has 9 heteroatoms. The number of amides is 1. The SMILES string of the molecule is N[C@@H]1CCCN(c2c(F)cccc2NC(=O)c2nc(-c3ccnc(O)c3)c[nH]2)C1. The van der Waals surface area contributed by atoms with Crippen molar-refractivity contribution in [1.29, 1.82) is 0 Å². The van der Waals surface area contributed by atoms with Gasteiger partial charge in [-0.3, -0.25) is 4.79 Å². The van der Waals surface area contributed by atoms with Crippen molar-refractivity contribution >= 4 is 17.3 Å². The van der Waals surface area contributed by atoms with Gasteiger partial charge in [0, 0.05) is 43.2 Å². The summed E-state index contributed by atoms with van der Waals surface area (Å²) in [5.74, 6) is -0.977. The van der Waals surface area contributed by atoms with Crippen molar-refractivity contribution in [3.05, 3.63) is 54.4 Å². The third kappa shape index (κ3) is 4.04. The Kier molecular flexibility index (Phi) is 5.13. The molecule has 0 bridgehead atoms. The number of carbonyl (C=O) groups excluding carboxylic acids is 1. The maximum absolute atomic E-state index is 14.6. The molecule has 2 aromatic heterocycles. The quantitative estimate of drug-likeness (QED) is 0.538. The molecule has 3 heterocycles. The highest BCUT2D eigenvalue weighted by Crippen LogP contribution is 2.31. The molecule has 1 aliphatic rings. The molecule has 1 amide bonds. The molecule has 1 atom stereocenters.